The van der Waals surface area contributed by atoms with Gasteiger partial charge in [-0.2, -0.15) is 4.31 Å². The number of sulfonamides is 1. The number of nitrogens with zero attached hydrogens (tertiary/aromatic N) is 3. The summed E-state index contributed by atoms with van der Waals surface area (Å²) in [6.45, 7) is 14.0. The third-order valence-electron chi connectivity index (χ3n) is 8.87. The van der Waals surface area contributed by atoms with Gasteiger partial charge < -0.3 is 0 Å². The highest BCUT2D eigenvalue weighted by Crippen LogP contribution is 2.59. The summed E-state index contributed by atoms with van der Waals surface area (Å²) >= 11 is 0. The van der Waals surface area contributed by atoms with Crippen LogP contribution in [0.1, 0.15) is 33.6 Å². The SMILES string of the molecule is CCN(CCN1CCN(S(=O)(=O)c2cccc3ccccc23)CC1)CC1=CCC2CC1C2(C)C. The lowest BCUT2D eigenvalue weighted by atomic mass is 9.49. The van der Waals surface area contributed by atoms with Gasteiger partial charge in [0.05, 0.1) is 4.90 Å². The van der Waals surface area contributed by atoms with E-state index in [4.69, 9.17) is 0 Å². The second-order valence-corrected chi connectivity index (χ2v) is 12.8. The molecule has 0 radical (unpaired) electrons. The van der Waals surface area contributed by atoms with Crippen molar-refractivity contribution in [2.75, 3.05) is 52.4 Å². The average molecular weight is 482 g/mol. The quantitative estimate of drug-likeness (QED) is 0.522. The van der Waals surface area contributed by atoms with Gasteiger partial charge in [-0.1, -0.05) is 68.8 Å². The normalized spacial score (nSPS) is 25.4. The molecule has 184 valence electrons. The maximum Gasteiger partial charge on any atom is 0.243 e. The average Bonchev–Trinajstić information content (AvgIpc) is 2.86. The fraction of sp³-hybridized carbons (Fsp3) is 0.571. The van der Waals surface area contributed by atoms with Crippen molar-refractivity contribution in [3.63, 3.8) is 0 Å². The zero-order valence-corrected chi connectivity index (χ0v) is 21.7. The lowest BCUT2D eigenvalue weighted by molar-refractivity contribution is -0.0107. The van der Waals surface area contributed by atoms with Gasteiger partial charge in [0.25, 0.3) is 0 Å². The first-order chi connectivity index (χ1) is 16.3. The van der Waals surface area contributed by atoms with E-state index >= 15 is 0 Å². The maximum absolute atomic E-state index is 13.4. The first-order valence-corrected chi connectivity index (χ1v) is 14.4. The van der Waals surface area contributed by atoms with Gasteiger partial charge in [0, 0.05) is 51.2 Å². The van der Waals surface area contributed by atoms with Gasteiger partial charge >= 0.3 is 0 Å². The summed E-state index contributed by atoms with van der Waals surface area (Å²) in [5.74, 6) is 1.65. The van der Waals surface area contributed by atoms with Crippen LogP contribution in [-0.2, 0) is 10.0 Å². The summed E-state index contributed by atoms with van der Waals surface area (Å²) in [6.07, 6.45) is 5.15. The summed E-state index contributed by atoms with van der Waals surface area (Å²) in [6, 6.07) is 13.3. The molecule has 0 spiro atoms. The summed E-state index contributed by atoms with van der Waals surface area (Å²) in [5, 5.41) is 1.78. The minimum absolute atomic E-state index is 0.429. The van der Waals surface area contributed by atoms with Crippen LogP contribution >= 0.6 is 0 Å². The Kier molecular flexibility index (Phi) is 6.62. The van der Waals surface area contributed by atoms with Gasteiger partial charge in [-0.15, -0.1) is 0 Å². The first kappa shape index (κ1) is 24.0. The maximum atomic E-state index is 13.4. The van der Waals surface area contributed by atoms with Crippen molar-refractivity contribution in [2.24, 2.45) is 17.3 Å². The number of piperazine rings is 1. The predicted octanol–water partition coefficient (Wildman–Crippen LogP) is 4.46. The van der Waals surface area contributed by atoms with Crippen molar-refractivity contribution in [3.8, 4) is 0 Å². The number of fused-ring (bicyclic) bond motifs is 2. The molecule has 6 heteroatoms. The van der Waals surface area contributed by atoms with E-state index in [-0.39, 0.29) is 0 Å². The molecule has 34 heavy (non-hydrogen) atoms. The molecule has 0 aromatic heterocycles. The van der Waals surface area contributed by atoms with Crippen LogP contribution in [0.25, 0.3) is 10.8 Å². The third kappa shape index (κ3) is 4.34. The van der Waals surface area contributed by atoms with Gasteiger partial charge in [-0.25, -0.2) is 8.42 Å². The molecule has 6 rings (SSSR count). The Morgan fingerprint density at radius 2 is 1.76 bits per heavy atom. The molecule has 0 N–H and O–H groups in total. The molecule has 2 atom stereocenters. The van der Waals surface area contributed by atoms with Crippen LogP contribution in [0, 0.1) is 17.3 Å². The number of benzene rings is 2. The molecule has 2 aromatic rings. The van der Waals surface area contributed by atoms with Crippen LogP contribution in [0.15, 0.2) is 59.0 Å². The molecular weight excluding hydrogens is 442 g/mol. The molecule has 1 saturated carbocycles. The van der Waals surface area contributed by atoms with Crippen LogP contribution in [-0.4, -0.2) is 74.9 Å². The van der Waals surface area contributed by atoms with Gasteiger partial charge in [-0.3, -0.25) is 9.80 Å². The Morgan fingerprint density at radius 3 is 2.47 bits per heavy atom. The molecule has 5 nitrogen and oxygen atoms in total. The monoisotopic (exact) mass is 481 g/mol. The standard InChI is InChI=1S/C28H39N3O2S/c1-4-29(21-23-12-13-24-20-26(23)28(24,2)3)14-15-30-16-18-31(19-17-30)34(32,33)27-11-7-9-22-8-5-6-10-25(22)27/h5-12,24,26H,4,13-21H2,1-3H3. The smallest absolute Gasteiger partial charge is 0.243 e. The highest BCUT2D eigenvalue weighted by Gasteiger charge is 2.51. The van der Waals surface area contributed by atoms with Crippen molar-refractivity contribution in [1.29, 1.82) is 0 Å². The topological polar surface area (TPSA) is 43.9 Å². The Morgan fingerprint density at radius 1 is 1.03 bits per heavy atom. The van der Waals surface area contributed by atoms with Crippen LogP contribution in [0.3, 0.4) is 0 Å². The summed E-state index contributed by atoms with van der Waals surface area (Å²) in [5.41, 5.74) is 2.13. The lowest BCUT2D eigenvalue weighted by Gasteiger charge is -2.57. The van der Waals surface area contributed by atoms with E-state index in [1.54, 1.807) is 15.9 Å². The number of likely N-dealkylation sites (N-methyl/N-ethyl adjacent to an activating group) is 1. The Labute approximate surface area is 205 Å². The second kappa shape index (κ2) is 9.38. The van der Waals surface area contributed by atoms with Gasteiger partial charge in [0.15, 0.2) is 0 Å². The minimum atomic E-state index is -3.49. The first-order valence-electron chi connectivity index (χ1n) is 12.9. The van der Waals surface area contributed by atoms with E-state index in [0.29, 0.717) is 23.4 Å². The largest absolute Gasteiger partial charge is 0.299 e. The number of rotatable bonds is 8. The van der Waals surface area contributed by atoms with Crippen LogP contribution in [0.4, 0.5) is 0 Å². The Balaban J connectivity index is 1.16. The molecule has 4 aliphatic rings. The summed E-state index contributed by atoms with van der Waals surface area (Å²) < 4.78 is 28.5. The zero-order chi connectivity index (χ0) is 23.9. The molecule has 3 aliphatic carbocycles. The molecule has 2 unspecified atom stereocenters. The highest BCUT2D eigenvalue weighted by atomic mass is 32.2. The highest BCUT2D eigenvalue weighted by molar-refractivity contribution is 7.89. The van der Waals surface area contributed by atoms with Crippen LogP contribution in [0.5, 0.6) is 0 Å². The van der Waals surface area contributed by atoms with Crippen molar-refractivity contribution < 1.29 is 8.42 Å². The molecule has 2 fully saturated rings. The van der Waals surface area contributed by atoms with Gasteiger partial charge in [0.1, 0.15) is 0 Å². The van der Waals surface area contributed by atoms with E-state index < -0.39 is 10.0 Å². The fourth-order valence-electron chi connectivity index (χ4n) is 6.30. The number of allylic oxidation sites excluding steroid dienone is 1. The van der Waals surface area contributed by atoms with E-state index in [1.807, 2.05) is 36.4 Å². The van der Waals surface area contributed by atoms with Crippen molar-refractivity contribution in [3.05, 3.63) is 54.1 Å². The van der Waals surface area contributed by atoms with E-state index in [1.165, 1.54) is 12.8 Å². The number of hydrogen-bond acceptors (Lipinski definition) is 4. The van der Waals surface area contributed by atoms with Crippen molar-refractivity contribution >= 4 is 20.8 Å². The Bertz CT molecular complexity index is 1160. The van der Waals surface area contributed by atoms with Crippen LogP contribution in [0.2, 0.25) is 0 Å². The molecular formula is C28H39N3O2S. The molecule has 1 saturated heterocycles. The minimum Gasteiger partial charge on any atom is -0.299 e. The molecule has 1 aliphatic heterocycles. The van der Waals surface area contributed by atoms with Crippen LogP contribution < -0.4 is 0 Å². The number of hydrogen-bond donors (Lipinski definition) is 0. The lowest BCUT2D eigenvalue weighted by Crippen LogP contribution is -2.51. The van der Waals surface area contributed by atoms with E-state index in [0.717, 1.165) is 61.9 Å². The Hall–Kier alpha value is -1.73. The third-order valence-corrected chi connectivity index (χ3v) is 10.8. The zero-order valence-electron chi connectivity index (χ0n) is 20.9. The van der Waals surface area contributed by atoms with Crippen molar-refractivity contribution in [2.45, 2.75) is 38.5 Å². The van der Waals surface area contributed by atoms with Gasteiger partial charge in [0.2, 0.25) is 10.0 Å². The fourth-order valence-corrected chi connectivity index (χ4v) is 7.94. The van der Waals surface area contributed by atoms with E-state index in [9.17, 15) is 8.42 Å². The molecule has 0 amide bonds. The van der Waals surface area contributed by atoms with Gasteiger partial charge in [-0.05, 0) is 48.1 Å². The van der Waals surface area contributed by atoms with Crippen molar-refractivity contribution in [1.82, 2.24) is 14.1 Å². The summed E-state index contributed by atoms with van der Waals surface area (Å²) in [4.78, 5) is 5.42. The predicted molar refractivity (Wildman–Crippen MR) is 139 cm³/mol. The second-order valence-electron chi connectivity index (χ2n) is 10.9. The summed E-state index contributed by atoms with van der Waals surface area (Å²) in [7, 11) is -3.49. The molecule has 1 heterocycles. The molecule has 2 aromatic carbocycles. The van der Waals surface area contributed by atoms with E-state index in [2.05, 4.69) is 36.6 Å². The molecule has 2 bridgehead atoms.